The molecule has 1 aliphatic carbocycles. The summed E-state index contributed by atoms with van der Waals surface area (Å²) < 4.78 is 11.4. The Hall–Kier alpha value is -3.00. The van der Waals surface area contributed by atoms with Crippen LogP contribution in [-0.2, 0) is 4.79 Å². The van der Waals surface area contributed by atoms with Crippen LogP contribution in [0.15, 0.2) is 42.6 Å². The van der Waals surface area contributed by atoms with Crippen molar-refractivity contribution in [3.63, 3.8) is 0 Å². The van der Waals surface area contributed by atoms with Crippen LogP contribution in [0.5, 0.6) is 11.6 Å². The predicted octanol–water partition coefficient (Wildman–Crippen LogP) is 3.88. The zero-order valence-electron chi connectivity index (χ0n) is 18.7. The van der Waals surface area contributed by atoms with Crippen molar-refractivity contribution in [3.05, 3.63) is 47.6 Å². The van der Waals surface area contributed by atoms with Crippen LogP contribution in [0.4, 0.5) is 10.5 Å². The fraction of sp³-hybridized carbons (Fsp3) is 0.458. The third-order valence-electron chi connectivity index (χ3n) is 5.92. The highest BCUT2D eigenvalue weighted by molar-refractivity contribution is 6.30. The molecule has 2 fully saturated rings. The number of aromatic nitrogens is 1. The molecule has 0 spiro atoms. The maximum absolute atomic E-state index is 12.8. The molecule has 2 aromatic rings. The van der Waals surface area contributed by atoms with Crippen LogP contribution in [0.3, 0.4) is 0 Å². The van der Waals surface area contributed by atoms with Crippen molar-refractivity contribution in [2.45, 2.75) is 44.8 Å². The van der Waals surface area contributed by atoms with Gasteiger partial charge in [0.15, 0.2) is 0 Å². The summed E-state index contributed by atoms with van der Waals surface area (Å²) in [6.45, 7) is 3.67. The molecule has 33 heavy (non-hydrogen) atoms. The molecule has 8 nitrogen and oxygen atoms in total. The summed E-state index contributed by atoms with van der Waals surface area (Å²) in [5.74, 6) is 1.21. The number of rotatable bonds is 8. The molecule has 2 aliphatic rings. The number of urea groups is 1. The molecule has 1 saturated heterocycles. The van der Waals surface area contributed by atoms with Crippen LogP contribution in [0.25, 0.3) is 0 Å². The Morgan fingerprint density at radius 1 is 1.12 bits per heavy atom. The lowest BCUT2D eigenvalue weighted by Crippen LogP contribution is -2.45. The Morgan fingerprint density at radius 3 is 2.55 bits per heavy atom. The van der Waals surface area contributed by atoms with E-state index in [9.17, 15) is 9.59 Å². The summed E-state index contributed by atoms with van der Waals surface area (Å²) in [7, 11) is 0. The highest BCUT2D eigenvalue weighted by Gasteiger charge is 2.32. The van der Waals surface area contributed by atoms with E-state index in [4.69, 9.17) is 21.1 Å². The molecule has 1 aromatic carbocycles. The lowest BCUT2D eigenvalue weighted by molar-refractivity contribution is -0.122. The number of amides is 3. The monoisotopic (exact) mass is 472 g/mol. The molecule has 9 heteroatoms. The molecule has 0 radical (unpaired) electrons. The average Bonchev–Trinajstić information content (AvgIpc) is 3.17. The summed E-state index contributed by atoms with van der Waals surface area (Å²) in [4.78, 5) is 32.8. The third kappa shape index (κ3) is 6.07. The highest BCUT2D eigenvalue weighted by atomic mass is 35.5. The van der Waals surface area contributed by atoms with Gasteiger partial charge in [-0.25, -0.2) is 9.78 Å². The van der Waals surface area contributed by atoms with Crippen molar-refractivity contribution in [2.24, 2.45) is 0 Å². The average molecular weight is 473 g/mol. The van der Waals surface area contributed by atoms with Gasteiger partial charge >= 0.3 is 6.03 Å². The van der Waals surface area contributed by atoms with Crippen molar-refractivity contribution in [2.75, 3.05) is 31.1 Å². The van der Waals surface area contributed by atoms with E-state index in [-0.39, 0.29) is 30.6 Å². The lowest BCUT2D eigenvalue weighted by atomic mass is 9.93. The fourth-order valence-electron chi connectivity index (χ4n) is 4.23. The van der Waals surface area contributed by atoms with E-state index in [0.717, 1.165) is 37.1 Å². The Labute approximate surface area is 198 Å². The first-order valence-electron chi connectivity index (χ1n) is 11.4. The maximum Gasteiger partial charge on any atom is 0.325 e. The van der Waals surface area contributed by atoms with Crippen LogP contribution in [0.2, 0.25) is 5.02 Å². The minimum Gasteiger partial charge on any atom is -0.494 e. The van der Waals surface area contributed by atoms with E-state index >= 15 is 0 Å². The normalized spacial score (nSPS) is 20.6. The molecule has 1 aliphatic heterocycles. The summed E-state index contributed by atoms with van der Waals surface area (Å²) >= 11 is 5.86. The molecule has 4 rings (SSSR count). The molecule has 1 aromatic heterocycles. The molecule has 2 heterocycles. The third-order valence-corrected chi connectivity index (χ3v) is 6.14. The first kappa shape index (κ1) is 23.2. The molecular weight excluding hydrogens is 444 g/mol. The standard InChI is InChI=1S/C24H29ClN4O4/c1-2-32-20-10-6-19(7-11-20)29-14-13-28(24(29)31)16-22(30)27-18-4-8-21(9-5-18)33-23-12-3-17(25)15-26-23/h3,6-7,10-12,15,18,21H,2,4-5,8-9,13-14,16H2,1H3,(H,27,30). The van der Waals surface area contributed by atoms with Crippen molar-refractivity contribution < 1.29 is 19.1 Å². The fourth-order valence-corrected chi connectivity index (χ4v) is 4.34. The number of hydrogen-bond donors (Lipinski definition) is 1. The van der Waals surface area contributed by atoms with Crippen LogP contribution in [0.1, 0.15) is 32.6 Å². The summed E-state index contributed by atoms with van der Waals surface area (Å²) in [5.41, 5.74) is 0.805. The smallest absolute Gasteiger partial charge is 0.325 e. The molecule has 3 amide bonds. The van der Waals surface area contributed by atoms with Crippen molar-refractivity contribution in [3.8, 4) is 11.6 Å². The number of ether oxygens (including phenoxy) is 2. The van der Waals surface area contributed by atoms with Gasteiger partial charge < -0.3 is 19.7 Å². The van der Waals surface area contributed by atoms with Crippen molar-refractivity contribution in [1.82, 2.24) is 15.2 Å². The number of hydrogen-bond acceptors (Lipinski definition) is 5. The minimum absolute atomic E-state index is 0.0670. The molecule has 0 unspecified atom stereocenters. The van der Waals surface area contributed by atoms with Crippen LogP contribution < -0.4 is 19.7 Å². The Kier molecular flexibility index (Phi) is 7.54. The van der Waals surface area contributed by atoms with Gasteiger partial charge in [0.05, 0.1) is 11.6 Å². The quantitative estimate of drug-likeness (QED) is 0.630. The molecule has 0 atom stereocenters. The number of pyridine rings is 1. The lowest BCUT2D eigenvalue weighted by Gasteiger charge is -2.29. The second kappa shape index (κ2) is 10.7. The molecule has 176 valence electrons. The van der Waals surface area contributed by atoms with Gasteiger partial charge in [0.25, 0.3) is 0 Å². The zero-order chi connectivity index (χ0) is 23.2. The van der Waals surface area contributed by atoms with Gasteiger partial charge in [-0.05, 0) is 62.9 Å². The first-order chi connectivity index (χ1) is 16.0. The van der Waals surface area contributed by atoms with E-state index in [2.05, 4.69) is 10.3 Å². The Bertz CT molecular complexity index is 946. The number of halogens is 1. The van der Waals surface area contributed by atoms with E-state index < -0.39 is 0 Å². The first-order valence-corrected chi connectivity index (χ1v) is 11.8. The van der Waals surface area contributed by atoms with E-state index in [0.29, 0.717) is 30.6 Å². The van der Waals surface area contributed by atoms with Crippen molar-refractivity contribution >= 4 is 29.2 Å². The second-order valence-electron chi connectivity index (χ2n) is 8.26. The number of benzene rings is 1. The summed E-state index contributed by atoms with van der Waals surface area (Å²) in [5, 5.41) is 3.65. The molecule has 0 bridgehead atoms. The zero-order valence-corrected chi connectivity index (χ0v) is 19.5. The number of anilines is 1. The van der Waals surface area contributed by atoms with Crippen molar-refractivity contribution in [1.29, 1.82) is 0 Å². The molecule has 1 saturated carbocycles. The van der Waals surface area contributed by atoms with Crippen LogP contribution >= 0.6 is 11.6 Å². The number of carbonyl (C=O) groups is 2. The van der Waals surface area contributed by atoms with Gasteiger partial charge in [0, 0.05) is 37.1 Å². The van der Waals surface area contributed by atoms with Gasteiger partial charge in [-0.2, -0.15) is 0 Å². The minimum atomic E-state index is -0.151. The second-order valence-corrected chi connectivity index (χ2v) is 8.69. The highest BCUT2D eigenvalue weighted by Crippen LogP contribution is 2.25. The number of nitrogens with zero attached hydrogens (tertiary/aromatic N) is 3. The largest absolute Gasteiger partial charge is 0.494 e. The van der Waals surface area contributed by atoms with Gasteiger partial charge in [0.2, 0.25) is 11.8 Å². The Balaban J connectivity index is 1.21. The summed E-state index contributed by atoms with van der Waals surface area (Å²) in [6, 6.07) is 10.9. The summed E-state index contributed by atoms with van der Waals surface area (Å²) in [6.07, 6.45) is 4.98. The SMILES string of the molecule is CCOc1ccc(N2CCN(CC(=O)NC3CCC(Oc4ccc(Cl)cn4)CC3)C2=O)cc1. The van der Waals surface area contributed by atoms with E-state index in [1.54, 1.807) is 28.1 Å². The van der Waals surface area contributed by atoms with Crippen LogP contribution in [0, 0.1) is 0 Å². The van der Waals surface area contributed by atoms with Crippen LogP contribution in [-0.4, -0.2) is 60.2 Å². The molecular formula is C24H29ClN4O4. The van der Waals surface area contributed by atoms with Gasteiger partial charge in [-0.15, -0.1) is 0 Å². The van der Waals surface area contributed by atoms with Gasteiger partial charge in [-0.1, -0.05) is 11.6 Å². The van der Waals surface area contributed by atoms with Gasteiger partial charge in [0.1, 0.15) is 18.4 Å². The predicted molar refractivity (Wildman–Crippen MR) is 126 cm³/mol. The number of nitrogens with one attached hydrogen (secondary N) is 1. The van der Waals surface area contributed by atoms with Gasteiger partial charge in [-0.3, -0.25) is 9.69 Å². The maximum atomic E-state index is 12.8. The Morgan fingerprint density at radius 2 is 1.88 bits per heavy atom. The molecule has 1 N–H and O–H groups in total. The van der Waals surface area contributed by atoms with E-state index in [1.165, 1.54) is 0 Å². The van der Waals surface area contributed by atoms with E-state index in [1.807, 2.05) is 31.2 Å². The topological polar surface area (TPSA) is 84.0 Å². The number of carbonyl (C=O) groups excluding carboxylic acids is 2.